The van der Waals surface area contributed by atoms with E-state index < -0.39 is 0 Å². The molecule has 0 N–H and O–H groups in total. The van der Waals surface area contributed by atoms with E-state index in [9.17, 15) is 0 Å². The highest BCUT2D eigenvalue weighted by molar-refractivity contribution is 6.11. The Morgan fingerprint density at radius 1 is 0.381 bits per heavy atom. The lowest BCUT2D eigenvalue weighted by molar-refractivity contribution is 0.487. The molecule has 0 radical (unpaired) electrons. The third kappa shape index (κ3) is 4.13. The largest absolute Gasteiger partial charge is 0.456 e. The molecule has 2 heteroatoms. The zero-order valence-electron chi connectivity index (χ0n) is 22.9. The van der Waals surface area contributed by atoms with Crippen LogP contribution < -0.4 is 9.64 Å². The van der Waals surface area contributed by atoms with E-state index in [1.165, 1.54) is 22.3 Å². The second-order valence-electron chi connectivity index (χ2n) is 10.6. The first kappa shape index (κ1) is 24.2. The normalized spacial score (nSPS) is 11.5. The summed E-state index contributed by atoms with van der Waals surface area (Å²) in [6, 6.07) is 57.8. The third-order valence-electron chi connectivity index (χ3n) is 8.07. The van der Waals surface area contributed by atoms with Crippen LogP contribution in [0.2, 0.25) is 0 Å². The van der Waals surface area contributed by atoms with Crippen LogP contribution in [0.4, 0.5) is 17.1 Å². The monoisotopic (exact) mass is 537 g/mol. The molecule has 2 nitrogen and oxygen atoms in total. The van der Waals surface area contributed by atoms with Crippen LogP contribution in [0.1, 0.15) is 0 Å². The van der Waals surface area contributed by atoms with Crippen LogP contribution in [0.5, 0.6) is 11.5 Å². The van der Waals surface area contributed by atoms with Gasteiger partial charge in [-0.15, -0.1) is 0 Å². The molecule has 0 saturated heterocycles. The molecule has 7 aromatic rings. The van der Waals surface area contributed by atoms with Gasteiger partial charge in [0.2, 0.25) is 0 Å². The van der Waals surface area contributed by atoms with E-state index >= 15 is 0 Å². The molecule has 42 heavy (non-hydrogen) atoms. The Labute approximate surface area is 245 Å². The third-order valence-corrected chi connectivity index (χ3v) is 8.07. The Kier molecular flexibility index (Phi) is 5.82. The fraction of sp³-hybridized carbons (Fsp3) is 0. The molecular weight excluding hydrogens is 510 g/mol. The van der Waals surface area contributed by atoms with E-state index in [1.807, 2.05) is 6.07 Å². The molecule has 0 fully saturated rings. The number of benzene rings is 7. The number of anilines is 3. The number of hydrogen-bond donors (Lipinski definition) is 0. The molecule has 0 bridgehead atoms. The van der Waals surface area contributed by atoms with Crippen molar-refractivity contribution in [1.29, 1.82) is 0 Å². The summed E-state index contributed by atoms with van der Waals surface area (Å²) in [5.74, 6) is 1.77. The highest BCUT2D eigenvalue weighted by Gasteiger charge is 2.24. The minimum Gasteiger partial charge on any atom is -0.456 e. The lowest BCUT2D eigenvalue weighted by Gasteiger charge is -2.29. The molecule has 0 saturated carbocycles. The zero-order valence-corrected chi connectivity index (χ0v) is 22.9. The molecule has 0 unspecified atom stereocenters. The van der Waals surface area contributed by atoms with Gasteiger partial charge in [0.05, 0.1) is 5.69 Å². The van der Waals surface area contributed by atoms with E-state index in [4.69, 9.17) is 4.74 Å². The van der Waals surface area contributed by atoms with Crippen LogP contribution in [0.25, 0.3) is 44.2 Å². The van der Waals surface area contributed by atoms with Crippen molar-refractivity contribution in [2.75, 3.05) is 4.90 Å². The molecule has 0 aromatic heterocycles. The van der Waals surface area contributed by atoms with Crippen molar-refractivity contribution in [1.82, 2.24) is 0 Å². The van der Waals surface area contributed by atoms with Crippen LogP contribution in [0, 0.1) is 0 Å². The average Bonchev–Trinajstić information content (AvgIpc) is 3.07. The fourth-order valence-electron chi connectivity index (χ4n) is 6.06. The smallest absolute Gasteiger partial charge is 0.136 e. The zero-order chi connectivity index (χ0) is 27.9. The van der Waals surface area contributed by atoms with Crippen molar-refractivity contribution in [3.05, 3.63) is 164 Å². The molecule has 1 aliphatic heterocycles. The summed E-state index contributed by atoms with van der Waals surface area (Å²) in [6.45, 7) is 0. The first-order valence-corrected chi connectivity index (χ1v) is 14.3. The lowest BCUT2D eigenvalue weighted by Crippen LogP contribution is -2.11. The van der Waals surface area contributed by atoms with E-state index in [0.29, 0.717) is 0 Å². The van der Waals surface area contributed by atoms with Crippen molar-refractivity contribution < 1.29 is 4.74 Å². The van der Waals surface area contributed by atoms with Gasteiger partial charge in [0.1, 0.15) is 11.5 Å². The molecular formula is C40H27NO. The highest BCUT2D eigenvalue weighted by atomic mass is 16.5. The molecule has 1 heterocycles. The number of fused-ring (bicyclic) bond motifs is 2. The highest BCUT2D eigenvalue weighted by Crippen LogP contribution is 2.51. The minimum absolute atomic E-state index is 0.884. The Balaban J connectivity index is 1.27. The predicted molar refractivity (Wildman–Crippen MR) is 175 cm³/mol. The van der Waals surface area contributed by atoms with Gasteiger partial charge in [-0.1, -0.05) is 115 Å². The summed E-state index contributed by atoms with van der Waals surface area (Å²) in [5, 5.41) is 2.29. The number of para-hydroxylation sites is 1. The Morgan fingerprint density at radius 2 is 0.976 bits per heavy atom. The van der Waals surface area contributed by atoms with Gasteiger partial charge in [-0.3, -0.25) is 0 Å². The fourth-order valence-corrected chi connectivity index (χ4v) is 6.06. The van der Waals surface area contributed by atoms with Gasteiger partial charge < -0.3 is 9.64 Å². The van der Waals surface area contributed by atoms with Crippen LogP contribution in [-0.2, 0) is 0 Å². The summed E-state index contributed by atoms with van der Waals surface area (Å²) in [5.41, 5.74) is 10.4. The van der Waals surface area contributed by atoms with Gasteiger partial charge in [-0.05, 0) is 76.3 Å². The predicted octanol–water partition coefficient (Wildman–Crippen LogP) is 11.4. The molecule has 198 valence electrons. The number of hydrogen-bond acceptors (Lipinski definition) is 2. The van der Waals surface area contributed by atoms with Crippen molar-refractivity contribution in [3.63, 3.8) is 0 Å². The van der Waals surface area contributed by atoms with Gasteiger partial charge >= 0.3 is 0 Å². The quantitative estimate of drug-likeness (QED) is 0.216. The number of ether oxygens (including phenoxy) is 1. The van der Waals surface area contributed by atoms with Crippen LogP contribution in [-0.4, -0.2) is 0 Å². The summed E-state index contributed by atoms with van der Waals surface area (Å²) >= 11 is 0. The van der Waals surface area contributed by atoms with Crippen LogP contribution in [0.3, 0.4) is 0 Å². The SMILES string of the molecule is c1ccc(-c2ccc(N(c3ccccc3)c3ccc4c5c(cccc35)-c3ccc(-c5ccccc5)cc3O4)cc2)cc1. The molecule has 0 amide bonds. The van der Waals surface area contributed by atoms with E-state index in [1.54, 1.807) is 0 Å². The molecule has 0 atom stereocenters. The number of nitrogens with zero attached hydrogens (tertiary/aromatic N) is 1. The topological polar surface area (TPSA) is 12.5 Å². The van der Waals surface area contributed by atoms with Crippen molar-refractivity contribution in [2.45, 2.75) is 0 Å². The maximum atomic E-state index is 6.60. The van der Waals surface area contributed by atoms with E-state index in [-0.39, 0.29) is 0 Å². The van der Waals surface area contributed by atoms with Crippen LogP contribution in [0.15, 0.2) is 164 Å². The van der Waals surface area contributed by atoms with E-state index in [2.05, 4.69) is 163 Å². The Morgan fingerprint density at radius 3 is 1.69 bits per heavy atom. The van der Waals surface area contributed by atoms with Gasteiger partial charge in [0.15, 0.2) is 0 Å². The second kappa shape index (κ2) is 10.1. The summed E-state index contributed by atoms with van der Waals surface area (Å²) in [7, 11) is 0. The van der Waals surface area contributed by atoms with Gasteiger partial charge in [-0.25, -0.2) is 0 Å². The van der Waals surface area contributed by atoms with Crippen molar-refractivity contribution >= 4 is 27.8 Å². The molecule has 1 aliphatic rings. The summed E-state index contributed by atoms with van der Waals surface area (Å²) < 4.78 is 6.60. The van der Waals surface area contributed by atoms with Gasteiger partial charge in [0.25, 0.3) is 0 Å². The van der Waals surface area contributed by atoms with Crippen LogP contribution >= 0.6 is 0 Å². The first-order valence-electron chi connectivity index (χ1n) is 14.3. The maximum Gasteiger partial charge on any atom is 0.136 e. The Bertz CT molecular complexity index is 2030. The van der Waals surface area contributed by atoms with Crippen molar-refractivity contribution in [2.24, 2.45) is 0 Å². The standard InChI is InChI=1S/C40H27NO/c1-4-11-28(12-5-1)30-19-22-33(23-20-30)41(32-15-8-3-9-16-32)37-25-26-38-40-35(17-10-18-36(37)40)34-24-21-31(27-39(34)42-38)29-13-6-2-7-14-29/h1-27H. The van der Waals surface area contributed by atoms with Crippen molar-refractivity contribution in [3.8, 4) is 44.9 Å². The Hall–Kier alpha value is -5.60. The minimum atomic E-state index is 0.884. The average molecular weight is 538 g/mol. The summed E-state index contributed by atoms with van der Waals surface area (Å²) in [6.07, 6.45) is 0. The van der Waals surface area contributed by atoms with Gasteiger partial charge in [0, 0.05) is 27.7 Å². The second-order valence-corrected chi connectivity index (χ2v) is 10.6. The van der Waals surface area contributed by atoms with Gasteiger partial charge in [-0.2, -0.15) is 0 Å². The molecule has 7 aromatic carbocycles. The van der Waals surface area contributed by atoms with E-state index in [0.717, 1.165) is 50.5 Å². The maximum absolute atomic E-state index is 6.60. The molecule has 0 spiro atoms. The first-order chi connectivity index (χ1) is 20.8. The number of rotatable bonds is 5. The lowest BCUT2D eigenvalue weighted by atomic mass is 9.92. The molecule has 0 aliphatic carbocycles. The summed E-state index contributed by atoms with van der Waals surface area (Å²) in [4.78, 5) is 2.34. The molecule has 8 rings (SSSR count).